The van der Waals surface area contributed by atoms with E-state index in [4.69, 9.17) is 18.9 Å². The Morgan fingerprint density at radius 3 is 1.23 bits per heavy atom. The van der Waals surface area contributed by atoms with Gasteiger partial charge in [0.2, 0.25) is 0 Å². The summed E-state index contributed by atoms with van der Waals surface area (Å²) in [5.41, 5.74) is -19.6. The fraction of sp³-hybridized carbons (Fsp3) is 0.897. The summed E-state index contributed by atoms with van der Waals surface area (Å²) < 4.78 is 337. The molecule has 1 aliphatic heterocycles. The van der Waals surface area contributed by atoms with Gasteiger partial charge in [-0.1, -0.05) is 62.3 Å². The number of ether oxygens (including phenoxy) is 7. The van der Waals surface area contributed by atoms with Gasteiger partial charge < -0.3 is 43.4 Å². The predicted molar refractivity (Wildman–Crippen MR) is 336 cm³/mol. The molecule has 638 valence electrons. The number of hydrogen-bond donors (Lipinski definition) is 2. The predicted octanol–water partition coefficient (Wildman–Crippen LogP) is 19.0. The highest BCUT2D eigenvalue weighted by molar-refractivity contribution is 5.91. The number of fused-ring (bicyclic) bond motifs is 3. The molecule has 40 heteroatoms. The van der Waals surface area contributed by atoms with Crippen LogP contribution in [-0.2, 0) is 66.7 Å². The van der Waals surface area contributed by atoms with Crippen molar-refractivity contribution in [1.29, 1.82) is 0 Å². The van der Waals surface area contributed by atoms with Crippen LogP contribution in [0.15, 0.2) is 0 Å². The van der Waals surface area contributed by atoms with E-state index >= 15 is 0 Å². The van der Waals surface area contributed by atoms with E-state index in [9.17, 15) is 149 Å². The van der Waals surface area contributed by atoms with Gasteiger partial charge in [0.05, 0.1) is 38.4 Å². The average Bonchev–Trinajstić information content (AvgIpc) is 1.51. The first-order valence-electron chi connectivity index (χ1n) is 33.9. The fourth-order valence-corrected chi connectivity index (χ4v) is 9.65. The minimum Gasteiger partial charge on any atom is -0.462 e. The number of carbonyl (C=O) groups is 7. The first kappa shape index (κ1) is 105. The molecule has 0 amide bonds. The number of carbonyl (C=O) groups excluding carboxylic acids is 7. The van der Waals surface area contributed by atoms with E-state index in [0.717, 1.165) is 0 Å². The number of alkyl halides is 24. The minimum atomic E-state index is -6.06. The van der Waals surface area contributed by atoms with Crippen LogP contribution >= 0.6 is 0 Å². The molecule has 2 saturated carbocycles. The largest absolute Gasteiger partial charge is 0.462 e. The van der Waals surface area contributed by atoms with Crippen LogP contribution in [0, 0.1) is 50.2 Å². The average molecular weight is 1630 g/mol. The van der Waals surface area contributed by atoms with Crippen molar-refractivity contribution in [3.05, 3.63) is 0 Å². The van der Waals surface area contributed by atoms with Crippen molar-refractivity contribution in [2.24, 2.45) is 50.2 Å². The molecule has 3 aliphatic rings. The Hall–Kier alpha value is -5.47. The third-order valence-electron chi connectivity index (χ3n) is 19.1. The van der Waals surface area contributed by atoms with Crippen LogP contribution in [-0.4, -0.2) is 161 Å². The van der Waals surface area contributed by atoms with E-state index in [1.54, 1.807) is 62.3 Å². The Balaban J connectivity index is 0. The van der Waals surface area contributed by atoms with E-state index in [0.29, 0.717) is 46.5 Å². The zero-order valence-corrected chi connectivity index (χ0v) is 64.0. The molecule has 3 rings (SSSR count). The van der Waals surface area contributed by atoms with Crippen molar-refractivity contribution < 1.29 is 182 Å². The third-order valence-corrected chi connectivity index (χ3v) is 19.1. The molecule has 108 heavy (non-hydrogen) atoms. The van der Waals surface area contributed by atoms with Crippen LogP contribution in [0.3, 0.4) is 0 Å². The second kappa shape index (κ2) is 36.6. The van der Waals surface area contributed by atoms with Crippen molar-refractivity contribution in [1.82, 2.24) is 0 Å². The van der Waals surface area contributed by atoms with E-state index in [-0.39, 0.29) is 43.9 Å². The smallest absolute Gasteiger partial charge is 0.434 e. The maximum Gasteiger partial charge on any atom is 0.434 e. The molecule has 0 aromatic heterocycles. The fourth-order valence-electron chi connectivity index (χ4n) is 9.65. The Labute approximate surface area is 611 Å². The van der Waals surface area contributed by atoms with Gasteiger partial charge in [0.25, 0.3) is 17.6 Å². The molecule has 3 bridgehead atoms. The molecule has 0 radical (unpaired) electrons. The van der Waals surface area contributed by atoms with Gasteiger partial charge in [-0.15, -0.1) is 0 Å². The molecule has 0 aromatic rings. The molecule has 1 spiro atoms. The summed E-state index contributed by atoms with van der Waals surface area (Å²) in [4.78, 5) is 84.0. The van der Waals surface area contributed by atoms with Crippen LogP contribution in [0.4, 0.5) is 105 Å². The number of rotatable bonds is 28. The first-order valence-corrected chi connectivity index (χ1v) is 33.9. The van der Waals surface area contributed by atoms with Crippen molar-refractivity contribution >= 4 is 41.8 Å². The number of hydrogen-bond acceptors (Lipinski definition) is 16. The number of esters is 7. The maximum atomic E-state index is 13.8. The topological polar surface area (TPSA) is 225 Å². The number of aliphatic hydroxyl groups is 2. The van der Waals surface area contributed by atoms with Crippen LogP contribution < -0.4 is 0 Å². The quantitative estimate of drug-likeness (QED) is 0.0422. The molecule has 16 nitrogen and oxygen atoms in total. The van der Waals surface area contributed by atoms with Gasteiger partial charge in [-0.2, -0.15) is 87.8 Å². The van der Waals surface area contributed by atoms with Crippen LogP contribution in [0.5, 0.6) is 0 Å². The summed E-state index contributed by atoms with van der Waals surface area (Å²) in [5.74, 6) is -16.9. The monoisotopic (exact) mass is 1630 g/mol. The zero-order chi connectivity index (χ0) is 86.8. The zero-order valence-electron chi connectivity index (χ0n) is 64.0. The molecular formula is C68H102F24O16. The van der Waals surface area contributed by atoms with Crippen LogP contribution in [0.1, 0.15) is 229 Å². The highest BCUT2D eigenvalue weighted by Crippen LogP contribution is 2.67. The van der Waals surface area contributed by atoms with Crippen LogP contribution in [0.25, 0.3) is 0 Å². The van der Waals surface area contributed by atoms with Gasteiger partial charge in [0.15, 0.2) is 29.5 Å². The lowest BCUT2D eigenvalue weighted by Crippen LogP contribution is -2.70. The summed E-state index contributed by atoms with van der Waals surface area (Å²) in [7, 11) is 0. The van der Waals surface area contributed by atoms with Crippen molar-refractivity contribution in [3.63, 3.8) is 0 Å². The Bertz CT molecular complexity index is 2930. The van der Waals surface area contributed by atoms with Crippen LogP contribution in [0.2, 0.25) is 0 Å². The molecule has 2 N–H and O–H groups in total. The SMILES string of the molecule is CCC(C)(C)C(=O)OC(C)(C)C(O)(C(F)(F)F)C(F)(F)F.CCC(C)(C)C(=O)OC(CC(C)C)C(F)(F)CC(F)(F)F.CCC(C)(C)C(=O)OC(CC(C)C)CC(C)(O)C(F)(F)F.CCC(C)(C)C(=O)OC1CC2(C(=O)OC(C(F)(F)F)C(F)(F)F)CC13CC2C(=O)O3.CCC(C)(C)C(=O)OCC(F)(F)C(F)F. The molecule has 3 fully saturated rings. The van der Waals surface area contributed by atoms with E-state index < -0.39 is 208 Å². The van der Waals surface area contributed by atoms with Gasteiger partial charge in [0.1, 0.15) is 18.6 Å². The molecular weight excluding hydrogens is 1530 g/mol. The lowest BCUT2D eigenvalue weighted by atomic mass is 9.74. The first-order chi connectivity index (χ1) is 47.5. The maximum absolute atomic E-state index is 13.8. The summed E-state index contributed by atoms with van der Waals surface area (Å²) in [6, 6.07) is 0. The minimum absolute atomic E-state index is 0.0524. The highest BCUT2D eigenvalue weighted by atomic mass is 19.4. The normalized spacial score (nSPS) is 20.3. The second-order valence-electron chi connectivity index (χ2n) is 31.7. The molecule has 1 heterocycles. The van der Waals surface area contributed by atoms with Gasteiger partial charge in [-0.3, -0.25) is 33.6 Å². The standard InChI is InChI=1S/C18H20F6O6.C15H27F3O3.C14H23F5O2.C12H18F6O3.C9H14F4O2/c1-4-14(2,3)12(26)28-9-6-15(7-16(9)5-8(15)10(25)30-16)13(27)29-11(17(19,20)21)18(22,23)24;1-7-13(4,5)12(19)21-11(8-10(2)3)9-14(6,20)15(16,17)18;1-6-12(4,5)11(20)21-10(7-9(2)3)13(15,16)8-14(17,18)19;1-6-8(2,3)7(19)21-9(4,5)10(20,11(13,14)15)12(16,17)18;1-4-8(2,3)7(14)15-5-9(12,13)6(10)11/h8-9,11H,4-7H2,1-3H3;10-11,20H,7-9H2,1-6H3;9-10H,6-8H2,1-5H3;20H,6H2,1-5H3;6H,4-5H2,1-3H3. The van der Waals surface area contributed by atoms with Crippen molar-refractivity contribution in [3.8, 4) is 0 Å². The molecule has 2 aliphatic carbocycles. The Kier molecular flexibility index (Phi) is 35.4. The second-order valence-corrected chi connectivity index (χ2v) is 31.7. The van der Waals surface area contributed by atoms with Crippen molar-refractivity contribution in [2.75, 3.05) is 6.61 Å². The van der Waals surface area contributed by atoms with E-state index in [2.05, 4.69) is 14.2 Å². The van der Waals surface area contributed by atoms with Gasteiger partial charge >= 0.3 is 91.2 Å². The molecule has 0 aromatic carbocycles. The van der Waals surface area contributed by atoms with Gasteiger partial charge in [-0.25, -0.2) is 17.6 Å². The molecule has 1 saturated heterocycles. The van der Waals surface area contributed by atoms with E-state index in [1.165, 1.54) is 48.5 Å². The van der Waals surface area contributed by atoms with E-state index in [1.807, 2.05) is 20.8 Å². The third kappa shape index (κ3) is 28.0. The summed E-state index contributed by atoms with van der Waals surface area (Å²) in [5, 5.41) is 18.9. The summed E-state index contributed by atoms with van der Waals surface area (Å²) in [6.45, 7) is 30.3. The molecule has 7 atom stereocenters. The van der Waals surface area contributed by atoms with Crippen molar-refractivity contribution in [2.45, 2.75) is 332 Å². The molecule has 7 unspecified atom stereocenters. The number of halogens is 24. The lowest BCUT2D eigenvalue weighted by Gasteiger charge is -2.44. The summed E-state index contributed by atoms with van der Waals surface area (Å²) >= 11 is 0. The lowest BCUT2D eigenvalue weighted by molar-refractivity contribution is -0.408. The highest BCUT2D eigenvalue weighted by Gasteiger charge is 2.80. The Morgan fingerprint density at radius 1 is 0.500 bits per heavy atom. The van der Waals surface area contributed by atoms with Gasteiger partial charge in [0, 0.05) is 25.7 Å². The Morgan fingerprint density at radius 2 is 0.880 bits per heavy atom. The van der Waals surface area contributed by atoms with Gasteiger partial charge in [-0.05, 0) is 147 Å². The summed E-state index contributed by atoms with van der Waals surface area (Å²) in [6.07, 6.45) is -48.2.